The van der Waals surface area contributed by atoms with E-state index in [1.54, 1.807) is 17.4 Å². The smallest absolute Gasteiger partial charge is 0.235 e. The SMILES string of the molecule is C=CCn1c(SCC(=O)Nc2sc3c(c2C#N)CC[C@@H](C(C)(C)C)C3)nnc1-c1cccc(C)c1. The van der Waals surface area contributed by atoms with Gasteiger partial charge < -0.3 is 5.32 Å². The van der Waals surface area contributed by atoms with Gasteiger partial charge in [-0.05, 0) is 49.1 Å². The van der Waals surface area contributed by atoms with Gasteiger partial charge in [0.1, 0.15) is 11.1 Å². The van der Waals surface area contributed by atoms with Gasteiger partial charge >= 0.3 is 0 Å². The lowest BCUT2D eigenvalue weighted by Crippen LogP contribution is -2.26. The van der Waals surface area contributed by atoms with E-state index in [9.17, 15) is 10.1 Å². The molecule has 0 aliphatic heterocycles. The number of hydrogen-bond donors (Lipinski definition) is 1. The highest BCUT2D eigenvalue weighted by atomic mass is 32.2. The molecule has 4 rings (SSSR count). The van der Waals surface area contributed by atoms with Crippen LogP contribution in [0, 0.1) is 29.6 Å². The van der Waals surface area contributed by atoms with E-state index >= 15 is 0 Å². The van der Waals surface area contributed by atoms with Crippen LogP contribution in [0.1, 0.15) is 48.8 Å². The van der Waals surface area contributed by atoms with Gasteiger partial charge in [0, 0.05) is 17.0 Å². The van der Waals surface area contributed by atoms with Crippen molar-refractivity contribution in [3.63, 3.8) is 0 Å². The molecule has 0 bridgehead atoms. The molecule has 1 aliphatic carbocycles. The van der Waals surface area contributed by atoms with Crippen molar-refractivity contribution in [3.8, 4) is 17.5 Å². The van der Waals surface area contributed by atoms with Crippen LogP contribution < -0.4 is 5.32 Å². The third kappa shape index (κ3) is 5.52. The molecule has 3 aromatic rings. The predicted molar refractivity (Wildman–Crippen MR) is 144 cm³/mol. The first-order valence-electron chi connectivity index (χ1n) is 11.8. The Morgan fingerprint density at radius 1 is 1.40 bits per heavy atom. The molecular formula is C27H31N5OS2. The third-order valence-electron chi connectivity index (χ3n) is 6.49. The summed E-state index contributed by atoms with van der Waals surface area (Å²) in [5.74, 6) is 1.37. The van der Waals surface area contributed by atoms with E-state index in [-0.39, 0.29) is 17.1 Å². The van der Waals surface area contributed by atoms with Crippen molar-refractivity contribution in [2.75, 3.05) is 11.1 Å². The number of thioether (sulfide) groups is 1. The molecule has 182 valence electrons. The number of amides is 1. The zero-order valence-electron chi connectivity index (χ0n) is 20.7. The predicted octanol–water partition coefficient (Wildman–Crippen LogP) is 6.25. The average Bonchev–Trinajstić information content (AvgIpc) is 3.37. The molecule has 0 radical (unpaired) electrons. The fraction of sp³-hybridized carbons (Fsp3) is 0.407. The minimum Gasteiger partial charge on any atom is -0.316 e. The number of hydrogen-bond acceptors (Lipinski definition) is 6. The van der Waals surface area contributed by atoms with Crippen LogP contribution in [-0.2, 0) is 24.2 Å². The van der Waals surface area contributed by atoms with Crippen molar-refractivity contribution in [1.82, 2.24) is 14.8 Å². The van der Waals surface area contributed by atoms with Crippen LogP contribution in [-0.4, -0.2) is 26.4 Å². The number of carbonyl (C=O) groups is 1. The Bertz CT molecular complexity index is 1290. The number of carbonyl (C=O) groups excluding carboxylic acids is 1. The lowest BCUT2D eigenvalue weighted by Gasteiger charge is -2.33. The number of nitriles is 1. The van der Waals surface area contributed by atoms with Crippen molar-refractivity contribution in [2.24, 2.45) is 11.3 Å². The van der Waals surface area contributed by atoms with Gasteiger partial charge in [-0.25, -0.2) is 0 Å². The Hall–Kier alpha value is -2.89. The highest BCUT2D eigenvalue weighted by Crippen LogP contribution is 2.44. The molecule has 0 saturated heterocycles. The largest absolute Gasteiger partial charge is 0.316 e. The van der Waals surface area contributed by atoms with E-state index in [4.69, 9.17) is 0 Å². The Morgan fingerprint density at radius 3 is 2.89 bits per heavy atom. The van der Waals surface area contributed by atoms with Crippen molar-refractivity contribution >= 4 is 34.0 Å². The van der Waals surface area contributed by atoms with Crippen molar-refractivity contribution in [1.29, 1.82) is 5.26 Å². The summed E-state index contributed by atoms with van der Waals surface area (Å²) in [6.45, 7) is 13.3. The lowest BCUT2D eigenvalue weighted by atomic mass is 9.72. The third-order valence-corrected chi connectivity index (χ3v) is 8.63. The molecule has 6 nitrogen and oxygen atoms in total. The van der Waals surface area contributed by atoms with Gasteiger partial charge in [-0.15, -0.1) is 28.1 Å². The number of nitrogens with zero attached hydrogens (tertiary/aromatic N) is 4. The average molecular weight is 506 g/mol. The summed E-state index contributed by atoms with van der Waals surface area (Å²) in [6, 6.07) is 10.4. The lowest BCUT2D eigenvalue weighted by molar-refractivity contribution is -0.113. The van der Waals surface area contributed by atoms with Crippen molar-refractivity contribution in [3.05, 3.63) is 58.5 Å². The molecule has 1 N–H and O–H groups in total. The molecule has 0 unspecified atom stereocenters. The van der Waals surface area contributed by atoms with Crippen LogP contribution in [0.4, 0.5) is 5.00 Å². The number of benzene rings is 1. The number of aromatic nitrogens is 3. The molecular weight excluding hydrogens is 474 g/mol. The van der Waals surface area contributed by atoms with Crippen LogP contribution in [0.15, 0.2) is 42.1 Å². The number of rotatable bonds is 7. The molecule has 2 heterocycles. The second-order valence-electron chi connectivity index (χ2n) is 10.0. The number of aryl methyl sites for hydroxylation is 1. The molecule has 8 heteroatoms. The molecule has 1 aromatic carbocycles. The summed E-state index contributed by atoms with van der Waals surface area (Å²) in [6.07, 6.45) is 4.74. The molecule has 0 fully saturated rings. The van der Waals surface area contributed by atoms with Crippen LogP contribution in [0.2, 0.25) is 0 Å². The minimum absolute atomic E-state index is 0.150. The maximum absolute atomic E-state index is 12.9. The molecule has 2 aromatic heterocycles. The van der Waals surface area contributed by atoms with E-state index in [0.29, 0.717) is 28.2 Å². The Morgan fingerprint density at radius 2 is 2.20 bits per heavy atom. The summed E-state index contributed by atoms with van der Waals surface area (Å²) >= 11 is 2.90. The van der Waals surface area contributed by atoms with Crippen LogP contribution in [0.25, 0.3) is 11.4 Å². The zero-order valence-corrected chi connectivity index (χ0v) is 22.4. The number of nitrogens with one attached hydrogen (secondary N) is 1. The van der Waals surface area contributed by atoms with E-state index in [1.807, 2.05) is 29.7 Å². The standard InChI is InChI=1S/C27H31N5OS2/c1-6-12-32-24(18-9-7-8-17(2)13-18)30-31-26(32)34-16-23(33)29-25-21(15-28)20-11-10-19(27(3,4)5)14-22(20)35-25/h6-9,13,19H,1,10-12,14,16H2,2-5H3,(H,29,33)/t19-/m1/s1. The maximum atomic E-state index is 12.9. The molecule has 0 saturated carbocycles. The Labute approximate surface area is 215 Å². The Kier molecular flexibility index (Phi) is 7.48. The minimum atomic E-state index is -0.150. The molecule has 1 aliphatic rings. The van der Waals surface area contributed by atoms with Gasteiger partial charge in [-0.1, -0.05) is 62.4 Å². The topological polar surface area (TPSA) is 83.6 Å². The van der Waals surface area contributed by atoms with Gasteiger partial charge in [-0.2, -0.15) is 5.26 Å². The molecule has 1 amide bonds. The quantitative estimate of drug-likeness (QED) is 0.303. The summed E-state index contributed by atoms with van der Waals surface area (Å²) in [7, 11) is 0. The maximum Gasteiger partial charge on any atom is 0.235 e. The highest BCUT2D eigenvalue weighted by Gasteiger charge is 2.32. The first-order chi connectivity index (χ1) is 16.7. The first kappa shape index (κ1) is 25.2. The van der Waals surface area contributed by atoms with Gasteiger partial charge in [0.05, 0.1) is 11.3 Å². The number of allylic oxidation sites excluding steroid dienone is 1. The molecule has 1 atom stereocenters. The van der Waals surface area contributed by atoms with E-state index in [0.717, 1.165) is 41.8 Å². The van der Waals surface area contributed by atoms with Gasteiger partial charge in [0.25, 0.3) is 0 Å². The summed E-state index contributed by atoms with van der Waals surface area (Å²) < 4.78 is 1.97. The monoisotopic (exact) mass is 505 g/mol. The van der Waals surface area contributed by atoms with E-state index < -0.39 is 0 Å². The number of thiophene rings is 1. The second kappa shape index (κ2) is 10.4. The van der Waals surface area contributed by atoms with Crippen LogP contribution in [0.3, 0.4) is 0 Å². The number of anilines is 1. The van der Waals surface area contributed by atoms with Crippen LogP contribution >= 0.6 is 23.1 Å². The summed E-state index contributed by atoms with van der Waals surface area (Å²) in [5.41, 5.74) is 4.10. The van der Waals surface area contributed by atoms with Crippen molar-refractivity contribution in [2.45, 2.75) is 58.7 Å². The van der Waals surface area contributed by atoms with E-state index in [1.165, 1.54) is 16.6 Å². The zero-order chi connectivity index (χ0) is 25.2. The van der Waals surface area contributed by atoms with Crippen LogP contribution in [0.5, 0.6) is 0 Å². The van der Waals surface area contributed by atoms with E-state index in [2.05, 4.69) is 55.0 Å². The Balaban J connectivity index is 1.47. The second-order valence-corrected chi connectivity index (χ2v) is 12.1. The van der Waals surface area contributed by atoms with Gasteiger partial charge in [0.15, 0.2) is 11.0 Å². The summed E-state index contributed by atoms with van der Waals surface area (Å²) in [5, 5.41) is 22.9. The molecule has 35 heavy (non-hydrogen) atoms. The van der Waals surface area contributed by atoms with Crippen molar-refractivity contribution < 1.29 is 4.79 Å². The fourth-order valence-corrected chi connectivity index (χ4v) is 6.55. The summed E-state index contributed by atoms with van der Waals surface area (Å²) in [4.78, 5) is 14.1. The molecule has 0 spiro atoms. The normalized spacial score (nSPS) is 15.3. The first-order valence-corrected chi connectivity index (χ1v) is 13.6. The highest BCUT2D eigenvalue weighted by molar-refractivity contribution is 7.99. The number of fused-ring (bicyclic) bond motifs is 1. The fourth-order valence-electron chi connectivity index (χ4n) is 4.51. The van der Waals surface area contributed by atoms with Gasteiger partial charge in [0.2, 0.25) is 5.91 Å². The van der Waals surface area contributed by atoms with Gasteiger partial charge in [-0.3, -0.25) is 9.36 Å².